The van der Waals surface area contributed by atoms with Crippen molar-refractivity contribution in [1.29, 1.82) is 0 Å². The van der Waals surface area contributed by atoms with Gasteiger partial charge in [-0.25, -0.2) is 4.79 Å². The Bertz CT molecular complexity index is 1100. The fourth-order valence-electron chi connectivity index (χ4n) is 4.37. The highest BCUT2D eigenvalue weighted by atomic mass is 35.5. The highest BCUT2D eigenvalue weighted by molar-refractivity contribution is 6.34. The van der Waals surface area contributed by atoms with Gasteiger partial charge in [-0.05, 0) is 24.3 Å². The predicted molar refractivity (Wildman–Crippen MR) is 110 cm³/mol. The van der Waals surface area contributed by atoms with Crippen LogP contribution in [0.4, 0.5) is 5.82 Å². The van der Waals surface area contributed by atoms with Gasteiger partial charge in [0.15, 0.2) is 0 Å². The van der Waals surface area contributed by atoms with E-state index in [4.69, 9.17) is 26.1 Å². The Morgan fingerprint density at radius 2 is 2.03 bits per heavy atom. The number of nitrogens with zero attached hydrogens (tertiary/aromatic N) is 2. The third-order valence-corrected chi connectivity index (χ3v) is 6.21. The molecule has 7 nitrogen and oxygen atoms in total. The minimum Gasteiger partial charge on any atom is -0.480 e. The largest absolute Gasteiger partial charge is 0.480 e. The molecule has 0 bridgehead atoms. The Labute approximate surface area is 172 Å². The standard InChI is InChI=1S/C21H20ClN3O4/c1-28-20-13(2-3-19(24-20)25-7-11-9-29-10-12(11)8-25)14-4-15-16(21(26)27)6-23-18(15)5-17(14)22/h2-6,11-12,23H,7-10H2,1H3,(H,26,27)/t11-,12-/m1/s1. The van der Waals surface area contributed by atoms with E-state index < -0.39 is 5.97 Å². The molecular weight excluding hydrogens is 394 g/mol. The number of fused-ring (bicyclic) bond motifs is 2. The number of benzene rings is 1. The molecule has 0 unspecified atom stereocenters. The summed E-state index contributed by atoms with van der Waals surface area (Å²) in [6.07, 6.45) is 1.47. The molecule has 0 spiro atoms. The first-order chi connectivity index (χ1) is 14.0. The molecule has 2 aliphatic rings. The lowest BCUT2D eigenvalue weighted by atomic mass is 10.0. The zero-order valence-corrected chi connectivity index (χ0v) is 16.6. The van der Waals surface area contributed by atoms with Crippen LogP contribution < -0.4 is 9.64 Å². The maximum Gasteiger partial charge on any atom is 0.337 e. The summed E-state index contributed by atoms with van der Waals surface area (Å²) in [4.78, 5) is 21.4. The molecule has 4 heterocycles. The van der Waals surface area contributed by atoms with Crippen LogP contribution in [0, 0.1) is 11.8 Å². The zero-order chi connectivity index (χ0) is 20.1. The van der Waals surface area contributed by atoms with E-state index >= 15 is 0 Å². The second kappa shape index (κ2) is 6.93. The van der Waals surface area contributed by atoms with Crippen LogP contribution in [0.25, 0.3) is 22.0 Å². The van der Waals surface area contributed by atoms with E-state index in [0.29, 0.717) is 39.2 Å². The van der Waals surface area contributed by atoms with Gasteiger partial charge in [-0.1, -0.05) is 11.6 Å². The summed E-state index contributed by atoms with van der Waals surface area (Å²) in [6, 6.07) is 7.41. The van der Waals surface area contributed by atoms with Crippen LogP contribution in [0.15, 0.2) is 30.5 Å². The fraction of sp³-hybridized carbons (Fsp3) is 0.333. The summed E-state index contributed by atoms with van der Waals surface area (Å²) in [5.74, 6) is 1.45. The van der Waals surface area contributed by atoms with Gasteiger partial charge in [0, 0.05) is 53.2 Å². The number of carboxylic acid groups (broad SMARTS) is 1. The van der Waals surface area contributed by atoms with Crippen molar-refractivity contribution in [3.63, 3.8) is 0 Å². The normalized spacial score (nSPS) is 21.0. The summed E-state index contributed by atoms with van der Waals surface area (Å²) >= 11 is 6.51. The molecule has 1 aromatic carbocycles. The number of carboxylic acids is 1. The van der Waals surface area contributed by atoms with Gasteiger partial charge in [-0.3, -0.25) is 0 Å². The van der Waals surface area contributed by atoms with Gasteiger partial charge in [0.2, 0.25) is 5.88 Å². The number of H-pyrrole nitrogens is 1. The van der Waals surface area contributed by atoms with Gasteiger partial charge in [-0.2, -0.15) is 4.98 Å². The number of nitrogens with one attached hydrogen (secondary N) is 1. The summed E-state index contributed by atoms with van der Waals surface area (Å²) in [5, 5.41) is 10.5. The lowest BCUT2D eigenvalue weighted by molar-refractivity contribution is 0.0699. The monoisotopic (exact) mass is 413 g/mol. The quantitative estimate of drug-likeness (QED) is 0.678. The first-order valence-electron chi connectivity index (χ1n) is 9.47. The smallest absolute Gasteiger partial charge is 0.337 e. The zero-order valence-electron chi connectivity index (χ0n) is 15.8. The number of aromatic nitrogens is 2. The van der Waals surface area contributed by atoms with Crippen LogP contribution in [0.2, 0.25) is 5.02 Å². The minimum absolute atomic E-state index is 0.201. The number of hydrogen-bond donors (Lipinski definition) is 2. The second-order valence-electron chi connectivity index (χ2n) is 7.57. The number of halogens is 1. The number of rotatable bonds is 4. The maximum atomic E-state index is 11.5. The van der Waals surface area contributed by atoms with Gasteiger partial charge in [0.05, 0.1) is 30.9 Å². The number of aromatic carboxylic acids is 1. The third-order valence-electron chi connectivity index (χ3n) is 5.89. The number of aromatic amines is 1. The molecule has 0 radical (unpaired) electrons. The average molecular weight is 414 g/mol. The number of carbonyl (C=O) groups is 1. The van der Waals surface area contributed by atoms with E-state index in [-0.39, 0.29) is 5.56 Å². The number of methoxy groups -OCH3 is 1. The topological polar surface area (TPSA) is 87.7 Å². The van der Waals surface area contributed by atoms with E-state index in [2.05, 4.69) is 9.88 Å². The van der Waals surface area contributed by atoms with E-state index in [1.54, 1.807) is 19.2 Å². The number of pyridine rings is 1. The van der Waals surface area contributed by atoms with Crippen molar-refractivity contribution < 1.29 is 19.4 Å². The van der Waals surface area contributed by atoms with Gasteiger partial charge >= 0.3 is 5.97 Å². The molecule has 2 aromatic heterocycles. The molecule has 0 amide bonds. The minimum atomic E-state index is -0.992. The van der Waals surface area contributed by atoms with Crippen LogP contribution in [0.5, 0.6) is 5.88 Å². The van der Waals surface area contributed by atoms with Crippen molar-refractivity contribution in [2.75, 3.05) is 38.3 Å². The van der Waals surface area contributed by atoms with Crippen molar-refractivity contribution in [2.45, 2.75) is 0 Å². The molecule has 5 rings (SSSR count). The van der Waals surface area contributed by atoms with Crippen LogP contribution in [-0.2, 0) is 4.74 Å². The summed E-state index contributed by atoms with van der Waals surface area (Å²) < 4.78 is 11.1. The molecule has 3 aromatic rings. The molecule has 29 heavy (non-hydrogen) atoms. The molecule has 0 aliphatic carbocycles. The van der Waals surface area contributed by atoms with E-state index in [0.717, 1.165) is 37.7 Å². The Kier molecular flexibility index (Phi) is 4.37. The van der Waals surface area contributed by atoms with Crippen molar-refractivity contribution >= 4 is 34.3 Å². The fourth-order valence-corrected chi connectivity index (χ4v) is 4.63. The van der Waals surface area contributed by atoms with Crippen LogP contribution in [-0.4, -0.2) is 54.5 Å². The molecule has 0 saturated carbocycles. The second-order valence-corrected chi connectivity index (χ2v) is 7.98. The van der Waals surface area contributed by atoms with Crippen LogP contribution in [0.1, 0.15) is 10.4 Å². The number of hydrogen-bond acceptors (Lipinski definition) is 5. The maximum absolute atomic E-state index is 11.5. The molecule has 2 N–H and O–H groups in total. The first-order valence-corrected chi connectivity index (χ1v) is 9.85. The van der Waals surface area contributed by atoms with Crippen molar-refractivity contribution in [3.8, 4) is 17.0 Å². The van der Waals surface area contributed by atoms with E-state index in [1.807, 2.05) is 12.1 Å². The Morgan fingerprint density at radius 3 is 2.72 bits per heavy atom. The average Bonchev–Trinajstić information content (AvgIpc) is 3.41. The van der Waals surface area contributed by atoms with Gasteiger partial charge < -0.3 is 24.5 Å². The van der Waals surface area contributed by atoms with Crippen LogP contribution >= 0.6 is 11.6 Å². The Morgan fingerprint density at radius 1 is 1.28 bits per heavy atom. The Balaban J connectivity index is 1.55. The molecular formula is C21H20ClN3O4. The van der Waals surface area contributed by atoms with E-state index in [1.165, 1.54) is 6.20 Å². The molecule has 8 heteroatoms. The van der Waals surface area contributed by atoms with Gasteiger partial charge in [-0.15, -0.1) is 0 Å². The third kappa shape index (κ3) is 3.01. The Hall–Kier alpha value is -2.77. The van der Waals surface area contributed by atoms with Crippen molar-refractivity contribution in [3.05, 3.63) is 41.0 Å². The van der Waals surface area contributed by atoms with Crippen molar-refractivity contribution in [1.82, 2.24) is 9.97 Å². The lowest BCUT2D eigenvalue weighted by Gasteiger charge is -2.20. The lowest BCUT2D eigenvalue weighted by Crippen LogP contribution is -2.23. The number of ether oxygens (including phenoxy) is 2. The molecule has 150 valence electrons. The van der Waals surface area contributed by atoms with Gasteiger partial charge in [0.1, 0.15) is 5.82 Å². The van der Waals surface area contributed by atoms with E-state index in [9.17, 15) is 9.90 Å². The number of anilines is 1. The molecule has 2 aliphatic heterocycles. The molecule has 2 saturated heterocycles. The van der Waals surface area contributed by atoms with Crippen molar-refractivity contribution in [2.24, 2.45) is 11.8 Å². The summed E-state index contributed by atoms with van der Waals surface area (Å²) in [6.45, 7) is 3.49. The van der Waals surface area contributed by atoms with Gasteiger partial charge in [0.25, 0.3) is 0 Å². The molecule has 2 atom stereocenters. The highest BCUT2D eigenvalue weighted by Gasteiger charge is 2.37. The predicted octanol–water partition coefficient (Wildman–Crippen LogP) is 3.67. The molecule has 2 fully saturated rings. The SMILES string of the molecule is COc1nc(N2C[C@@H]3COC[C@H]3C2)ccc1-c1cc2c(C(=O)O)c[nH]c2cc1Cl. The summed E-state index contributed by atoms with van der Waals surface area (Å²) in [7, 11) is 1.58. The summed E-state index contributed by atoms with van der Waals surface area (Å²) in [5.41, 5.74) is 2.28. The van der Waals surface area contributed by atoms with Crippen LogP contribution in [0.3, 0.4) is 0 Å². The first kappa shape index (κ1) is 18.3. The highest BCUT2D eigenvalue weighted by Crippen LogP contribution is 2.39.